The lowest BCUT2D eigenvalue weighted by Gasteiger charge is -2.09. The third kappa shape index (κ3) is 4.30. The molecule has 0 fully saturated rings. The minimum Gasteiger partial charge on any atom is -0.494 e. The number of aromatic nitrogens is 2. The van der Waals surface area contributed by atoms with Crippen LogP contribution in [0.2, 0.25) is 0 Å². The number of benzene rings is 1. The summed E-state index contributed by atoms with van der Waals surface area (Å²) >= 11 is 0. The van der Waals surface area contributed by atoms with Gasteiger partial charge >= 0.3 is 6.18 Å². The second-order valence-electron chi connectivity index (χ2n) is 6.03. The molecule has 0 saturated heterocycles. The predicted molar refractivity (Wildman–Crippen MR) is 99.1 cm³/mol. The summed E-state index contributed by atoms with van der Waals surface area (Å²) in [5, 5.41) is 12.7. The number of rotatable bonds is 5. The average molecular weight is 390 g/mol. The van der Waals surface area contributed by atoms with Crippen molar-refractivity contribution in [2.45, 2.75) is 19.5 Å². The van der Waals surface area contributed by atoms with E-state index in [1.54, 1.807) is 24.5 Å². The van der Waals surface area contributed by atoms with Crippen LogP contribution in [-0.4, -0.2) is 39.4 Å². The van der Waals surface area contributed by atoms with Gasteiger partial charge in [0.25, 0.3) is 5.91 Å². The van der Waals surface area contributed by atoms with Crippen LogP contribution in [0.1, 0.15) is 29.3 Å². The van der Waals surface area contributed by atoms with Crippen LogP contribution >= 0.6 is 0 Å². The summed E-state index contributed by atoms with van der Waals surface area (Å²) in [5.74, 6) is -0.986. The lowest BCUT2D eigenvalue weighted by atomic mass is 10.0. The van der Waals surface area contributed by atoms with E-state index < -0.39 is 18.6 Å². The number of halogens is 3. The van der Waals surface area contributed by atoms with Gasteiger partial charge in [0.15, 0.2) is 5.88 Å². The van der Waals surface area contributed by atoms with Gasteiger partial charge in [-0.15, -0.1) is 0 Å². The Hall–Kier alpha value is -3.36. The number of aromatic amines is 1. The van der Waals surface area contributed by atoms with Crippen LogP contribution in [-0.2, 0) is 0 Å². The molecule has 28 heavy (non-hydrogen) atoms. The molecule has 0 atom stereocenters. The van der Waals surface area contributed by atoms with Crippen molar-refractivity contribution in [3.8, 4) is 5.88 Å². The SMILES string of the molecule is CCC(=Nc1cccnc1)c1c(O)[nH]c2ccc(C(=O)NCC(F)(F)F)cc12. The number of aliphatic imine (C=N–C) groups is 1. The van der Waals surface area contributed by atoms with E-state index in [0.717, 1.165) is 0 Å². The number of carbonyl (C=O) groups is 1. The molecule has 1 amide bonds. The highest BCUT2D eigenvalue weighted by atomic mass is 19.4. The van der Waals surface area contributed by atoms with Gasteiger partial charge in [-0.3, -0.25) is 14.8 Å². The fourth-order valence-electron chi connectivity index (χ4n) is 2.78. The Morgan fingerprint density at radius 1 is 1.32 bits per heavy atom. The number of hydrogen-bond donors (Lipinski definition) is 3. The van der Waals surface area contributed by atoms with E-state index in [-0.39, 0.29) is 11.4 Å². The number of nitrogens with one attached hydrogen (secondary N) is 2. The van der Waals surface area contributed by atoms with Crippen LogP contribution in [0, 0.1) is 0 Å². The number of pyridine rings is 1. The van der Waals surface area contributed by atoms with Crippen molar-refractivity contribution in [2.75, 3.05) is 6.54 Å². The quantitative estimate of drug-likeness (QED) is 0.573. The molecule has 0 aliphatic rings. The highest BCUT2D eigenvalue weighted by Gasteiger charge is 2.28. The Kier molecular flexibility index (Phi) is 5.34. The first kappa shape index (κ1) is 19.4. The molecule has 3 N–H and O–H groups in total. The molecule has 2 heterocycles. The van der Waals surface area contributed by atoms with Gasteiger partial charge in [0.2, 0.25) is 0 Å². The molecule has 146 valence electrons. The van der Waals surface area contributed by atoms with Crippen LogP contribution in [0.3, 0.4) is 0 Å². The van der Waals surface area contributed by atoms with Gasteiger partial charge in [-0.25, -0.2) is 0 Å². The molecule has 3 rings (SSSR count). The number of hydrogen-bond acceptors (Lipinski definition) is 4. The summed E-state index contributed by atoms with van der Waals surface area (Å²) in [7, 11) is 0. The predicted octanol–water partition coefficient (Wildman–Crippen LogP) is 4.09. The van der Waals surface area contributed by atoms with Gasteiger partial charge < -0.3 is 15.4 Å². The number of H-pyrrole nitrogens is 1. The van der Waals surface area contributed by atoms with Crippen LogP contribution in [0.15, 0.2) is 47.7 Å². The Morgan fingerprint density at radius 3 is 2.75 bits per heavy atom. The summed E-state index contributed by atoms with van der Waals surface area (Å²) < 4.78 is 37.0. The molecule has 0 bridgehead atoms. The minimum atomic E-state index is -4.50. The van der Waals surface area contributed by atoms with E-state index in [2.05, 4.69) is 15.0 Å². The molecule has 9 heteroatoms. The summed E-state index contributed by atoms with van der Waals surface area (Å²) in [6.45, 7) is 0.436. The molecule has 1 aromatic carbocycles. The highest BCUT2D eigenvalue weighted by molar-refractivity contribution is 6.14. The number of fused-ring (bicyclic) bond motifs is 1. The lowest BCUT2D eigenvalue weighted by molar-refractivity contribution is -0.123. The molecule has 0 spiro atoms. The first-order valence-corrected chi connectivity index (χ1v) is 8.46. The summed E-state index contributed by atoms with van der Waals surface area (Å²) in [6, 6.07) is 7.83. The van der Waals surface area contributed by atoms with Gasteiger partial charge in [0.05, 0.1) is 23.2 Å². The first-order valence-electron chi connectivity index (χ1n) is 8.46. The average Bonchev–Trinajstić information content (AvgIpc) is 2.99. The molecule has 3 aromatic rings. The topological polar surface area (TPSA) is 90.4 Å². The standard InChI is InChI=1S/C19H17F3N4O2/c1-2-14(25-12-4-3-7-23-9-12)16-13-8-11(5-6-15(13)26-18(16)28)17(27)24-10-19(20,21)22/h3-9,26,28H,2,10H2,1H3,(H,24,27). The van der Waals surface area contributed by atoms with Gasteiger partial charge in [-0.1, -0.05) is 6.92 Å². The van der Waals surface area contributed by atoms with Crippen molar-refractivity contribution >= 4 is 28.2 Å². The van der Waals surface area contributed by atoms with Gasteiger partial charge in [0.1, 0.15) is 6.54 Å². The first-order chi connectivity index (χ1) is 13.3. The Balaban J connectivity index is 2.02. The second kappa shape index (κ2) is 7.71. The monoisotopic (exact) mass is 390 g/mol. The second-order valence-corrected chi connectivity index (χ2v) is 6.03. The molecule has 0 aliphatic heterocycles. The summed E-state index contributed by atoms with van der Waals surface area (Å²) in [4.78, 5) is 23.4. The van der Waals surface area contributed by atoms with Crippen molar-refractivity contribution in [3.63, 3.8) is 0 Å². The molecule has 0 saturated carbocycles. The molecular formula is C19H17F3N4O2. The number of amides is 1. The Bertz CT molecular complexity index is 1030. The third-order valence-corrected chi connectivity index (χ3v) is 4.02. The summed E-state index contributed by atoms with van der Waals surface area (Å²) in [6.07, 6.45) is -0.847. The number of aromatic hydroxyl groups is 1. The zero-order chi connectivity index (χ0) is 20.3. The van der Waals surface area contributed by atoms with Gasteiger partial charge in [0, 0.05) is 22.7 Å². The highest BCUT2D eigenvalue weighted by Crippen LogP contribution is 2.31. The molecule has 0 aliphatic carbocycles. The van der Waals surface area contributed by atoms with Gasteiger partial charge in [-0.2, -0.15) is 13.2 Å². The van der Waals surface area contributed by atoms with Crippen molar-refractivity contribution in [2.24, 2.45) is 4.99 Å². The van der Waals surface area contributed by atoms with Crippen LogP contribution in [0.25, 0.3) is 10.9 Å². The number of alkyl halides is 3. The van der Waals surface area contributed by atoms with E-state index in [0.29, 0.717) is 34.3 Å². The van der Waals surface area contributed by atoms with E-state index >= 15 is 0 Å². The van der Waals surface area contributed by atoms with Gasteiger partial charge in [-0.05, 0) is 36.8 Å². The molecule has 0 unspecified atom stereocenters. The van der Waals surface area contributed by atoms with Crippen LogP contribution in [0.5, 0.6) is 5.88 Å². The van der Waals surface area contributed by atoms with Crippen molar-refractivity contribution < 1.29 is 23.1 Å². The lowest BCUT2D eigenvalue weighted by Crippen LogP contribution is -2.33. The van der Waals surface area contributed by atoms with Crippen molar-refractivity contribution in [3.05, 3.63) is 53.9 Å². The maximum absolute atomic E-state index is 12.3. The third-order valence-electron chi connectivity index (χ3n) is 4.02. The van der Waals surface area contributed by atoms with E-state index in [9.17, 15) is 23.1 Å². The van der Waals surface area contributed by atoms with Crippen LogP contribution < -0.4 is 5.32 Å². The fourth-order valence-corrected chi connectivity index (χ4v) is 2.78. The number of nitrogens with zero attached hydrogens (tertiary/aromatic N) is 2. The maximum atomic E-state index is 12.3. The molecule has 0 radical (unpaired) electrons. The summed E-state index contributed by atoms with van der Waals surface area (Å²) in [5.41, 5.74) is 2.12. The fraction of sp³-hybridized carbons (Fsp3) is 0.211. The minimum absolute atomic E-state index is 0.0498. The van der Waals surface area contributed by atoms with E-state index in [1.807, 2.05) is 12.2 Å². The van der Waals surface area contributed by atoms with E-state index in [4.69, 9.17) is 0 Å². The Morgan fingerprint density at radius 2 is 2.11 bits per heavy atom. The van der Waals surface area contributed by atoms with E-state index in [1.165, 1.54) is 18.2 Å². The van der Waals surface area contributed by atoms with Crippen LogP contribution in [0.4, 0.5) is 18.9 Å². The molecule has 2 aromatic heterocycles. The smallest absolute Gasteiger partial charge is 0.405 e. The zero-order valence-electron chi connectivity index (χ0n) is 14.8. The maximum Gasteiger partial charge on any atom is 0.405 e. The Labute approximate surface area is 158 Å². The van der Waals surface area contributed by atoms with Crippen molar-refractivity contribution in [1.82, 2.24) is 15.3 Å². The number of carbonyl (C=O) groups excluding carboxylic acids is 1. The molecule has 6 nitrogen and oxygen atoms in total. The largest absolute Gasteiger partial charge is 0.494 e. The normalized spacial score (nSPS) is 12.4. The van der Waals surface area contributed by atoms with Crippen molar-refractivity contribution in [1.29, 1.82) is 0 Å². The molecular weight excluding hydrogens is 373 g/mol. The zero-order valence-corrected chi connectivity index (χ0v) is 14.8.